The van der Waals surface area contributed by atoms with Crippen LogP contribution in [0, 0.1) is 0 Å². The molecule has 2 aliphatic heterocycles. The number of para-hydroxylation sites is 2. The van der Waals surface area contributed by atoms with Crippen molar-refractivity contribution in [1.29, 1.82) is 0 Å². The molecule has 0 unspecified atom stereocenters. The predicted octanol–water partition coefficient (Wildman–Crippen LogP) is 4.49. The van der Waals surface area contributed by atoms with Gasteiger partial charge in [-0.05, 0) is 31.4 Å². The van der Waals surface area contributed by atoms with E-state index in [4.69, 9.17) is 0 Å². The quantitative estimate of drug-likeness (QED) is 0.591. The van der Waals surface area contributed by atoms with Crippen LogP contribution >= 0.6 is 0 Å². The van der Waals surface area contributed by atoms with Crippen LogP contribution in [0.25, 0.3) is 11.1 Å². The molecule has 0 amide bonds. The Morgan fingerprint density at radius 2 is 1.11 bits per heavy atom. The second-order valence-corrected chi connectivity index (χ2v) is 5.51. The highest BCUT2D eigenvalue weighted by molar-refractivity contribution is 5.94. The third-order valence-corrected chi connectivity index (χ3v) is 4.60. The van der Waals surface area contributed by atoms with Gasteiger partial charge in [0.2, 0.25) is 0 Å². The minimum atomic E-state index is 1.10. The fourth-order valence-corrected chi connectivity index (χ4v) is 3.81. The van der Waals surface area contributed by atoms with Crippen LogP contribution in [0.1, 0.15) is 19.3 Å². The van der Waals surface area contributed by atoms with E-state index in [-0.39, 0.29) is 0 Å². The SMILES string of the molecule is c1ccc2c(c1)-c1ccccc1[N+]21CCCCC1. The highest BCUT2D eigenvalue weighted by atomic mass is 15.4. The zero-order valence-corrected chi connectivity index (χ0v) is 10.6. The Balaban J connectivity index is 2.03. The van der Waals surface area contributed by atoms with Gasteiger partial charge in [0.15, 0.2) is 0 Å². The topological polar surface area (TPSA) is 0 Å². The summed E-state index contributed by atoms with van der Waals surface area (Å²) in [6.45, 7) is 2.54. The number of fused-ring (bicyclic) bond motifs is 5. The largest absolute Gasteiger partial charge is 0.258 e. The highest BCUT2D eigenvalue weighted by Gasteiger charge is 2.43. The molecule has 0 atom stereocenters. The van der Waals surface area contributed by atoms with Gasteiger partial charge in [-0.25, -0.2) is 0 Å². The third kappa shape index (κ3) is 1.20. The zero-order chi connectivity index (χ0) is 12.0. The molecule has 2 heterocycles. The summed E-state index contributed by atoms with van der Waals surface area (Å²) in [5.41, 5.74) is 5.96. The molecule has 1 nitrogen and oxygen atoms in total. The van der Waals surface area contributed by atoms with E-state index in [2.05, 4.69) is 48.5 Å². The minimum absolute atomic E-state index is 1.10. The molecule has 0 N–H and O–H groups in total. The summed E-state index contributed by atoms with van der Waals surface area (Å²) in [6.07, 6.45) is 4.09. The molecule has 2 aromatic carbocycles. The Morgan fingerprint density at radius 1 is 0.611 bits per heavy atom. The molecule has 90 valence electrons. The lowest BCUT2D eigenvalue weighted by atomic mass is 10.1. The molecule has 2 aliphatic rings. The summed E-state index contributed by atoms with van der Waals surface area (Å²) in [5.74, 6) is 0. The lowest BCUT2D eigenvalue weighted by molar-refractivity contribution is 0.321. The highest BCUT2D eigenvalue weighted by Crippen LogP contribution is 2.53. The van der Waals surface area contributed by atoms with Crippen LogP contribution in [-0.4, -0.2) is 13.1 Å². The molecule has 1 fully saturated rings. The Labute approximate surface area is 108 Å². The second-order valence-electron chi connectivity index (χ2n) is 5.51. The molecule has 1 heteroatoms. The molecule has 1 spiro atoms. The molecule has 2 aromatic rings. The number of quaternary nitrogens is 1. The summed E-state index contributed by atoms with van der Waals surface area (Å²) >= 11 is 0. The maximum Gasteiger partial charge on any atom is 0.146 e. The first-order chi connectivity index (χ1) is 8.92. The number of hydrogen-bond donors (Lipinski definition) is 0. The van der Waals surface area contributed by atoms with Gasteiger partial charge in [0, 0.05) is 23.3 Å². The van der Waals surface area contributed by atoms with Gasteiger partial charge in [0.05, 0.1) is 13.1 Å². The standard InChI is InChI=1S/C17H18N/c1-6-12-18(13-7-1)16-10-4-2-8-14(16)15-9-3-5-11-17(15)18/h2-5,8-11H,1,6-7,12-13H2/q+1. The van der Waals surface area contributed by atoms with Crippen LogP contribution in [0.5, 0.6) is 0 Å². The van der Waals surface area contributed by atoms with E-state index >= 15 is 0 Å². The fourth-order valence-electron chi connectivity index (χ4n) is 3.81. The molecule has 0 saturated carbocycles. The average Bonchev–Trinajstić information content (AvgIpc) is 2.72. The van der Waals surface area contributed by atoms with Gasteiger partial charge >= 0.3 is 0 Å². The summed E-state index contributed by atoms with van der Waals surface area (Å²) < 4.78 is 1.10. The van der Waals surface area contributed by atoms with Crippen LogP contribution in [0.15, 0.2) is 48.5 Å². The number of hydrogen-bond acceptors (Lipinski definition) is 0. The smallest absolute Gasteiger partial charge is 0.146 e. The summed E-state index contributed by atoms with van der Waals surface area (Å²) in [5, 5.41) is 0. The summed E-state index contributed by atoms with van der Waals surface area (Å²) in [6, 6.07) is 18.0. The Hall–Kier alpha value is -1.60. The number of rotatable bonds is 0. The van der Waals surface area contributed by atoms with Crippen molar-refractivity contribution in [3.05, 3.63) is 48.5 Å². The second kappa shape index (κ2) is 3.69. The van der Waals surface area contributed by atoms with Crippen molar-refractivity contribution in [3.63, 3.8) is 0 Å². The van der Waals surface area contributed by atoms with Gasteiger partial charge in [-0.2, -0.15) is 0 Å². The van der Waals surface area contributed by atoms with Crippen LogP contribution in [0.4, 0.5) is 11.4 Å². The average molecular weight is 236 g/mol. The van der Waals surface area contributed by atoms with Crippen LogP contribution in [0.2, 0.25) is 0 Å². The van der Waals surface area contributed by atoms with Gasteiger partial charge in [-0.3, -0.25) is 4.48 Å². The van der Waals surface area contributed by atoms with Gasteiger partial charge < -0.3 is 0 Å². The Bertz CT molecular complexity index is 547. The Morgan fingerprint density at radius 3 is 1.67 bits per heavy atom. The number of piperidine rings is 1. The van der Waals surface area contributed by atoms with Crippen molar-refractivity contribution in [2.75, 3.05) is 13.1 Å². The molecule has 1 saturated heterocycles. The first-order valence-electron chi connectivity index (χ1n) is 6.98. The molecule has 0 aromatic heterocycles. The van der Waals surface area contributed by atoms with Crippen LogP contribution in [0.3, 0.4) is 0 Å². The maximum absolute atomic E-state index is 2.33. The maximum atomic E-state index is 2.33. The molecule has 4 rings (SSSR count). The van der Waals surface area contributed by atoms with Crippen molar-refractivity contribution >= 4 is 11.4 Å². The Kier molecular flexibility index (Phi) is 2.12. The van der Waals surface area contributed by atoms with E-state index < -0.39 is 0 Å². The van der Waals surface area contributed by atoms with Crippen molar-refractivity contribution in [2.45, 2.75) is 19.3 Å². The zero-order valence-electron chi connectivity index (χ0n) is 10.6. The van der Waals surface area contributed by atoms with E-state index in [9.17, 15) is 0 Å². The predicted molar refractivity (Wildman–Crippen MR) is 76.9 cm³/mol. The minimum Gasteiger partial charge on any atom is -0.258 e. The van der Waals surface area contributed by atoms with Gasteiger partial charge in [-0.15, -0.1) is 0 Å². The van der Waals surface area contributed by atoms with E-state index in [0.717, 1.165) is 4.48 Å². The van der Waals surface area contributed by atoms with Gasteiger partial charge in [-0.1, -0.05) is 24.3 Å². The van der Waals surface area contributed by atoms with E-state index in [0.29, 0.717) is 0 Å². The van der Waals surface area contributed by atoms with E-state index in [1.54, 1.807) is 0 Å². The van der Waals surface area contributed by atoms with Gasteiger partial charge in [0.1, 0.15) is 11.4 Å². The van der Waals surface area contributed by atoms with Crippen molar-refractivity contribution in [3.8, 4) is 11.1 Å². The van der Waals surface area contributed by atoms with E-state index in [1.165, 1.54) is 54.9 Å². The molecular formula is C17H18N+. The molecular weight excluding hydrogens is 218 g/mol. The lowest BCUT2D eigenvalue weighted by Gasteiger charge is -2.38. The van der Waals surface area contributed by atoms with E-state index in [1.807, 2.05) is 0 Å². The van der Waals surface area contributed by atoms with Crippen molar-refractivity contribution < 1.29 is 0 Å². The summed E-state index contributed by atoms with van der Waals surface area (Å²) in [4.78, 5) is 0. The normalized spacial score (nSPS) is 19.6. The molecule has 0 radical (unpaired) electrons. The monoisotopic (exact) mass is 236 g/mol. The van der Waals surface area contributed by atoms with Crippen molar-refractivity contribution in [2.24, 2.45) is 0 Å². The first kappa shape index (κ1) is 10.3. The molecule has 0 bridgehead atoms. The lowest BCUT2D eigenvalue weighted by Crippen LogP contribution is -2.46. The molecule has 18 heavy (non-hydrogen) atoms. The van der Waals surface area contributed by atoms with Crippen molar-refractivity contribution in [1.82, 2.24) is 4.48 Å². The van der Waals surface area contributed by atoms with Gasteiger partial charge in [0.25, 0.3) is 0 Å². The fraction of sp³-hybridized carbons (Fsp3) is 0.294. The number of nitrogens with zero attached hydrogens (tertiary/aromatic N) is 1. The number of benzene rings is 2. The van der Waals surface area contributed by atoms with Crippen LogP contribution < -0.4 is 4.48 Å². The first-order valence-corrected chi connectivity index (χ1v) is 6.98. The summed E-state index contributed by atoms with van der Waals surface area (Å²) in [7, 11) is 0. The van der Waals surface area contributed by atoms with Crippen LogP contribution in [-0.2, 0) is 0 Å². The molecule has 0 aliphatic carbocycles. The third-order valence-electron chi connectivity index (χ3n) is 4.60.